The molecule has 1 aromatic heterocycles. The monoisotopic (exact) mass is 394 g/mol. The molecule has 5 heteroatoms. The fourth-order valence-electron chi connectivity index (χ4n) is 4.27. The molecular formula is C23H23ClN2O2. The molecule has 144 valence electrons. The number of para-hydroxylation sites is 1. The van der Waals surface area contributed by atoms with Gasteiger partial charge < -0.3 is 14.2 Å². The number of hydrogen-bond donors (Lipinski definition) is 0. The van der Waals surface area contributed by atoms with Gasteiger partial charge in [-0.1, -0.05) is 54.1 Å². The molecule has 0 unspecified atom stereocenters. The summed E-state index contributed by atoms with van der Waals surface area (Å²) >= 11 is 6.38. The molecule has 28 heavy (non-hydrogen) atoms. The van der Waals surface area contributed by atoms with E-state index in [1.807, 2.05) is 59.0 Å². The lowest BCUT2D eigenvalue weighted by molar-refractivity contribution is -0.0865. The molecule has 0 bridgehead atoms. The van der Waals surface area contributed by atoms with Crippen molar-refractivity contribution < 1.29 is 9.53 Å². The summed E-state index contributed by atoms with van der Waals surface area (Å²) in [6.45, 7) is 1.23. The van der Waals surface area contributed by atoms with E-state index in [9.17, 15) is 4.79 Å². The van der Waals surface area contributed by atoms with Crippen LogP contribution in [0.25, 0.3) is 10.9 Å². The molecule has 2 heterocycles. The number of nitrogens with zero attached hydrogens (tertiary/aromatic N) is 2. The topological polar surface area (TPSA) is 34.5 Å². The zero-order chi connectivity index (χ0) is 19.3. The molecule has 2 aromatic carbocycles. The van der Waals surface area contributed by atoms with Crippen molar-refractivity contribution in [2.75, 3.05) is 13.1 Å². The van der Waals surface area contributed by atoms with Gasteiger partial charge in [0.15, 0.2) is 0 Å². The number of ether oxygens (including phenoxy) is 1. The summed E-state index contributed by atoms with van der Waals surface area (Å²) in [5.41, 5.74) is 2.70. The SMILES string of the molecule is Cn1c(C(=O)N2C[C@@H](c3ccccc3)O[C@@H](C3CC3)C2)cc2cccc(Cl)c21. The number of carbonyl (C=O) groups is 1. The van der Waals surface area contributed by atoms with Crippen LogP contribution in [0.5, 0.6) is 0 Å². The van der Waals surface area contributed by atoms with E-state index in [1.165, 1.54) is 12.8 Å². The second-order valence-corrected chi connectivity index (χ2v) is 8.29. The quantitative estimate of drug-likeness (QED) is 0.638. The molecule has 2 aliphatic rings. The first-order valence-electron chi connectivity index (χ1n) is 9.85. The maximum atomic E-state index is 13.5. The van der Waals surface area contributed by atoms with E-state index in [2.05, 4.69) is 12.1 Å². The van der Waals surface area contributed by atoms with E-state index in [-0.39, 0.29) is 18.1 Å². The van der Waals surface area contributed by atoms with Crippen LogP contribution in [-0.4, -0.2) is 34.6 Å². The van der Waals surface area contributed by atoms with E-state index in [4.69, 9.17) is 16.3 Å². The summed E-state index contributed by atoms with van der Waals surface area (Å²) in [4.78, 5) is 15.4. The molecule has 1 saturated carbocycles. The van der Waals surface area contributed by atoms with Gasteiger partial charge in [0.05, 0.1) is 23.2 Å². The van der Waals surface area contributed by atoms with Gasteiger partial charge in [0.1, 0.15) is 11.8 Å². The highest BCUT2D eigenvalue weighted by molar-refractivity contribution is 6.35. The molecular weight excluding hydrogens is 372 g/mol. The number of amides is 1. The first-order chi connectivity index (χ1) is 13.6. The van der Waals surface area contributed by atoms with Crippen LogP contribution in [0.1, 0.15) is 35.0 Å². The van der Waals surface area contributed by atoms with Gasteiger partial charge in [-0.3, -0.25) is 4.79 Å². The highest BCUT2D eigenvalue weighted by Crippen LogP contribution is 2.40. The summed E-state index contributed by atoms with van der Waals surface area (Å²) in [5, 5.41) is 1.66. The normalized spacial score (nSPS) is 22.6. The second kappa shape index (κ2) is 6.94. The number of aromatic nitrogens is 1. The van der Waals surface area contributed by atoms with Gasteiger partial charge >= 0.3 is 0 Å². The third-order valence-electron chi connectivity index (χ3n) is 5.96. The van der Waals surface area contributed by atoms with E-state index in [0.29, 0.717) is 29.7 Å². The summed E-state index contributed by atoms with van der Waals surface area (Å²) in [7, 11) is 1.91. The minimum Gasteiger partial charge on any atom is -0.366 e. The zero-order valence-electron chi connectivity index (χ0n) is 15.8. The molecule has 1 amide bonds. The summed E-state index contributed by atoms with van der Waals surface area (Å²) in [6.07, 6.45) is 2.42. The Morgan fingerprint density at radius 1 is 1.07 bits per heavy atom. The number of morpholine rings is 1. The number of halogens is 1. The molecule has 0 spiro atoms. The second-order valence-electron chi connectivity index (χ2n) is 7.89. The summed E-state index contributed by atoms with van der Waals surface area (Å²) in [5.74, 6) is 0.619. The summed E-state index contributed by atoms with van der Waals surface area (Å²) < 4.78 is 8.31. The van der Waals surface area contributed by atoms with E-state index < -0.39 is 0 Å². The van der Waals surface area contributed by atoms with Crippen molar-refractivity contribution in [1.82, 2.24) is 9.47 Å². The molecule has 5 rings (SSSR count). The van der Waals surface area contributed by atoms with Crippen molar-refractivity contribution in [3.8, 4) is 0 Å². The molecule has 1 aliphatic carbocycles. The Balaban J connectivity index is 1.48. The molecule has 2 fully saturated rings. The van der Waals surface area contributed by atoms with Crippen LogP contribution >= 0.6 is 11.6 Å². The molecule has 0 N–H and O–H groups in total. The highest BCUT2D eigenvalue weighted by Gasteiger charge is 2.40. The van der Waals surface area contributed by atoms with Crippen molar-refractivity contribution in [3.63, 3.8) is 0 Å². The molecule has 1 saturated heterocycles. The lowest BCUT2D eigenvalue weighted by Gasteiger charge is -2.38. The summed E-state index contributed by atoms with van der Waals surface area (Å²) in [6, 6.07) is 17.9. The minimum absolute atomic E-state index is 0.0460. The minimum atomic E-state index is -0.0808. The van der Waals surface area contributed by atoms with Gasteiger partial charge in [-0.2, -0.15) is 0 Å². The van der Waals surface area contributed by atoms with Gasteiger partial charge in [0.2, 0.25) is 0 Å². The van der Waals surface area contributed by atoms with Crippen molar-refractivity contribution in [1.29, 1.82) is 0 Å². The van der Waals surface area contributed by atoms with Crippen LogP contribution < -0.4 is 0 Å². The molecule has 4 nitrogen and oxygen atoms in total. The van der Waals surface area contributed by atoms with E-state index >= 15 is 0 Å². The lowest BCUT2D eigenvalue weighted by atomic mass is 10.0. The predicted molar refractivity (Wildman–Crippen MR) is 111 cm³/mol. The van der Waals surface area contributed by atoms with Crippen molar-refractivity contribution in [3.05, 3.63) is 70.9 Å². The smallest absolute Gasteiger partial charge is 0.270 e. The third-order valence-corrected chi connectivity index (χ3v) is 6.26. The van der Waals surface area contributed by atoms with E-state index in [1.54, 1.807) is 0 Å². The van der Waals surface area contributed by atoms with Crippen LogP contribution in [0.4, 0.5) is 0 Å². The molecule has 0 radical (unpaired) electrons. The zero-order valence-corrected chi connectivity index (χ0v) is 16.6. The van der Waals surface area contributed by atoms with Gasteiger partial charge in [-0.05, 0) is 36.5 Å². The number of hydrogen-bond acceptors (Lipinski definition) is 2. The van der Waals surface area contributed by atoms with E-state index in [0.717, 1.165) is 16.5 Å². The van der Waals surface area contributed by atoms with Crippen molar-refractivity contribution in [2.24, 2.45) is 13.0 Å². The van der Waals surface area contributed by atoms with Gasteiger partial charge in [-0.25, -0.2) is 0 Å². The fraction of sp³-hybridized carbons (Fsp3) is 0.348. The maximum absolute atomic E-state index is 13.5. The maximum Gasteiger partial charge on any atom is 0.270 e. The number of aryl methyl sites for hydroxylation is 1. The van der Waals surface area contributed by atoms with Gasteiger partial charge in [-0.15, -0.1) is 0 Å². The van der Waals surface area contributed by atoms with Gasteiger partial charge in [0, 0.05) is 19.0 Å². The average Bonchev–Trinajstić information content (AvgIpc) is 3.52. The van der Waals surface area contributed by atoms with Crippen molar-refractivity contribution >= 4 is 28.4 Å². The molecule has 3 aromatic rings. The lowest BCUT2D eigenvalue weighted by Crippen LogP contribution is -2.48. The van der Waals surface area contributed by atoms with Gasteiger partial charge in [0.25, 0.3) is 5.91 Å². The Bertz CT molecular complexity index is 1030. The standard InChI is InChI=1S/C23H23ClN2O2/c1-25-19(12-17-8-5-9-18(24)22(17)25)23(27)26-13-20(15-6-3-2-4-7-15)28-21(14-26)16-10-11-16/h2-9,12,16,20-21H,10-11,13-14H2,1H3/t20-,21+/m0/s1. The Labute approximate surface area is 169 Å². The predicted octanol–water partition coefficient (Wildman–Crippen LogP) is 4.82. The molecule has 1 aliphatic heterocycles. The third kappa shape index (κ3) is 3.11. The number of rotatable bonds is 3. The Kier molecular flexibility index (Phi) is 4.41. The highest BCUT2D eigenvalue weighted by atomic mass is 35.5. The Morgan fingerprint density at radius 2 is 1.86 bits per heavy atom. The Hall–Kier alpha value is -2.30. The average molecular weight is 395 g/mol. The van der Waals surface area contributed by atoms with Crippen LogP contribution in [0.15, 0.2) is 54.6 Å². The number of fused-ring (bicyclic) bond motifs is 1. The Morgan fingerprint density at radius 3 is 2.57 bits per heavy atom. The largest absolute Gasteiger partial charge is 0.366 e. The first-order valence-corrected chi connectivity index (χ1v) is 10.2. The van der Waals surface area contributed by atoms with Crippen molar-refractivity contribution in [2.45, 2.75) is 25.0 Å². The van der Waals surface area contributed by atoms with Crippen LogP contribution in [0.2, 0.25) is 5.02 Å². The van der Waals surface area contributed by atoms with Crippen LogP contribution in [0.3, 0.4) is 0 Å². The fourth-order valence-corrected chi connectivity index (χ4v) is 4.58. The van der Waals surface area contributed by atoms with Crippen LogP contribution in [0, 0.1) is 5.92 Å². The first kappa shape index (κ1) is 17.8. The number of carbonyl (C=O) groups excluding carboxylic acids is 1. The molecule has 2 atom stereocenters. The number of benzene rings is 2. The van der Waals surface area contributed by atoms with Crippen LogP contribution in [-0.2, 0) is 11.8 Å².